The Bertz CT molecular complexity index is 2550. The lowest BCUT2D eigenvalue weighted by Gasteiger charge is -2.27. The highest BCUT2D eigenvalue weighted by atomic mass is 32.1. The molecule has 284 valence electrons. The molecule has 0 spiro atoms. The molecule has 0 saturated carbocycles. The smallest absolute Gasteiger partial charge is 0.229 e. The quantitative estimate of drug-likeness (QED) is 0.102. The minimum Gasteiger partial charge on any atom is -0.345 e. The minimum absolute atomic E-state index is 0.664. The van der Waals surface area contributed by atoms with E-state index >= 15 is 0 Å². The third-order valence-corrected chi connectivity index (χ3v) is 12.3. The Morgan fingerprint density at radius 2 is 1.25 bits per heavy atom. The van der Waals surface area contributed by atoms with Crippen molar-refractivity contribution in [1.82, 2.24) is 0 Å². The largest absolute Gasteiger partial charge is 0.345 e. The molecule has 0 radical (unpaired) electrons. The molecule has 1 heterocycles. The predicted octanol–water partition coefficient (Wildman–Crippen LogP) is 14.2. The summed E-state index contributed by atoms with van der Waals surface area (Å²) >= 11 is 1.70. The van der Waals surface area contributed by atoms with Crippen molar-refractivity contribution in [1.29, 1.82) is 0 Å². The topological polar surface area (TPSA) is 13.8 Å². The number of hydrogen-bond donors (Lipinski definition) is 0. The Morgan fingerprint density at radius 3 is 1.82 bits per heavy atom. The van der Waals surface area contributed by atoms with Crippen LogP contribution in [0.3, 0.4) is 0 Å². The zero-order valence-electron chi connectivity index (χ0n) is 34.4. The van der Waals surface area contributed by atoms with E-state index in [0.29, 0.717) is 5.69 Å². The number of rotatable bonds is 10. The molecule has 0 bridgehead atoms. The summed E-state index contributed by atoms with van der Waals surface area (Å²) in [6.45, 7) is 25.7. The second kappa shape index (κ2) is 16.9. The van der Waals surface area contributed by atoms with Crippen LogP contribution in [0.15, 0.2) is 145 Å². The van der Waals surface area contributed by atoms with E-state index in [0.717, 1.165) is 73.5 Å². The highest BCUT2D eigenvalue weighted by Crippen LogP contribution is 2.54. The Hall–Kier alpha value is -6.22. The summed E-state index contributed by atoms with van der Waals surface area (Å²) in [5, 5.41) is 0.929. The average molecular weight is 764 g/mol. The Labute approximate surface area is 343 Å². The van der Waals surface area contributed by atoms with Crippen molar-refractivity contribution >= 4 is 56.1 Å². The molecule has 5 heteroatoms. The van der Waals surface area contributed by atoms with Crippen molar-refractivity contribution in [2.24, 2.45) is 0 Å². The van der Waals surface area contributed by atoms with Gasteiger partial charge in [0.1, 0.15) is 11.5 Å². The minimum atomic E-state index is 0.664. The van der Waals surface area contributed by atoms with Crippen LogP contribution in [0, 0.1) is 41.2 Å². The zero-order chi connectivity index (χ0) is 40.2. The van der Waals surface area contributed by atoms with Gasteiger partial charge < -0.3 is 9.80 Å². The molecule has 6 aromatic rings. The zero-order valence-corrected chi connectivity index (χ0v) is 35.2. The molecule has 0 fully saturated rings. The molecular weight excluding hydrogens is 713 g/mol. The number of benzene rings is 5. The molecular formula is C52H51N4S+. The molecule has 0 aliphatic heterocycles. The number of nitrogens with zero attached hydrogens (tertiary/aromatic N) is 4. The molecule has 0 saturated heterocycles. The Balaban J connectivity index is 1.47. The molecule has 7 rings (SSSR count). The van der Waals surface area contributed by atoms with E-state index in [1.807, 2.05) is 6.07 Å². The second-order valence-corrected chi connectivity index (χ2v) is 15.7. The van der Waals surface area contributed by atoms with Crippen molar-refractivity contribution in [2.45, 2.75) is 48.5 Å². The fraction of sp³-hybridized carbons (Fsp3) is 0.192. The number of allylic oxidation sites excluding steroid dienone is 5. The first kappa shape index (κ1) is 39.0. The van der Waals surface area contributed by atoms with Gasteiger partial charge >= 0.3 is 0 Å². The van der Waals surface area contributed by atoms with Gasteiger partial charge in [0, 0.05) is 69.9 Å². The van der Waals surface area contributed by atoms with Gasteiger partial charge in [-0.2, -0.15) is 4.58 Å². The van der Waals surface area contributed by atoms with Gasteiger partial charge in [0.2, 0.25) is 17.1 Å². The fourth-order valence-electron chi connectivity index (χ4n) is 8.29. The summed E-state index contributed by atoms with van der Waals surface area (Å²) in [6, 6.07) is 40.9. The van der Waals surface area contributed by atoms with Crippen molar-refractivity contribution in [3.05, 3.63) is 195 Å². The highest BCUT2D eigenvalue weighted by Gasteiger charge is 2.28. The van der Waals surface area contributed by atoms with Crippen LogP contribution in [-0.4, -0.2) is 30.4 Å². The maximum Gasteiger partial charge on any atom is 0.229 e. The monoisotopic (exact) mass is 763 g/mol. The van der Waals surface area contributed by atoms with Crippen LogP contribution in [0.1, 0.15) is 52.1 Å². The number of thiophene rings is 1. The van der Waals surface area contributed by atoms with E-state index in [4.69, 9.17) is 6.57 Å². The standard InChI is InChI=1S/C52H51N4S/c1-10-55(49-36(4)20-17-21-37(49)5)43-31-27-41(28-32-43)46(42-29-33-44(34-30-42)56(11-2)50-38(6)22-18-23-39(50)7)51-47(40-24-13-12-14-25-40)48(53-8)52(57-51)54(9)45-26-16-15-19-35(45)3/h12-34H,10-11H2,1-7,9H3/q+1. The molecule has 0 amide bonds. The van der Waals surface area contributed by atoms with Crippen LogP contribution in [-0.2, 0) is 0 Å². The fourth-order valence-corrected chi connectivity index (χ4v) is 9.61. The van der Waals surface area contributed by atoms with Crippen molar-refractivity contribution in [2.75, 3.05) is 29.9 Å². The van der Waals surface area contributed by atoms with Gasteiger partial charge in [-0.15, -0.1) is 11.3 Å². The predicted molar refractivity (Wildman–Crippen MR) is 246 cm³/mol. The second-order valence-electron chi connectivity index (χ2n) is 14.7. The lowest BCUT2D eigenvalue weighted by Crippen LogP contribution is -2.18. The average Bonchev–Trinajstić information content (AvgIpc) is 3.61. The summed E-state index contributed by atoms with van der Waals surface area (Å²) in [5.74, 6) is 0. The molecule has 57 heavy (non-hydrogen) atoms. The van der Waals surface area contributed by atoms with Crippen molar-refractivity contribution in [3.63, 3.8) is 0 Å². The summed E-state index contributed by atoms with van der Waals surface area (Å²) in [4.78, 5) is 9.98. The molecule has 1 aliphatic rings. The van der Waals surface area contributed by atoms with Gasteiger partial charge in [-0.3, -0.25) is 0 Å². The SMILES string of the molecule is [C-]#[N+]c1c(N(C)c2ccccc2C)sc(C(=C2C=CC(=[N+](CC)c3c(C)cccc3C)C=C2)c2ccc(N(CC)c3c(C)cccc3C)cc2)c1-c1ccccc1. The first-order valence-corrected chi connectivity index (χ1v) is 20.6. The van der Waals surface area contributed by atoms with E-state index in [1.54, 1.807) is 11.3 Å². The normalized spacial score (nSPS) is 12.1. The van der Waals surface area contributed by atoms with Crippen LogP contribution in [0.4, 0.5) is 33.4 Å². The number of anilines is 4. The first-order chi connectivity index (χ1) is 27.7. The Kier molecular flexibility index (Phi) is 11.6. The van der Waals surface area contributed by atoms with Crippen LogP contribution >= 0.6 is 11.3 Å². The van der Waals surface area contributed by atoms with Gasteiger partial charge in [-0.25, -0.2) is 4.85 Å². The van der Waals surface area contributed by atoms with E-state index in [-0.39, 0.29) is 0 Å². The molecule has 4 nitrogen and oxygen atoms in total. The Morgan fingerprint density at radius 1 is 0.667 bits per heavy atom. The van der Waals surface area contributed by atoms with Gasteiger partial charge in [0.05, 0.1) is 6.57 Å². The molecule has 1 aromatic heterocycles. The number of hydrogen-bond acceptors (Lipinski definition) is 3. The van der Waals surface area contributed by atoms with Gasteiger partial charge in [-0.05, 0) is 112 Å². The lowest BCUT2D eigenvalue weighted by molar-refractivity contribution is -0.435. The maximum absolute atomic E-state index is 8.66. The molecule has 0 atom stereocenters. The molecule has 5 aromatic carbocycles. The van der Waals surface area contributed by atoms with E-state index in [9.17, 15) is 0 Å². The van der Waals surface area contributed by atoms with Crippen molar-refractivity contribution in [3.8, 4) is 11.1 Å². The van der Waals surface area contributed by atoms with E-state index in [1.165, 1.54) is 33.6 Å². The van der Waals surface area contributed by atoms with Gasteiger partial charge in [0.25, 0.3) is 0 Å². The highest BCUT2D eigenvalue weighted by molar-refractivity contribution is 7.18. The van der Waals surface area contributed by atoms with Crippen LogP contribution in [0.5, 0.6) is 0 Å². The number of para-hydroxylation sites is 3. The van der Waals surface area contributed by atoms with Crippen LogP contribution in [0.2, 0.25) is 0 Å². The number of aryl methyl sites for hydroxylation is 5. The molecule has 0 N–H and O–H groups in total. The first-order valence-electron chi connectivity index (χ1n) is 19.8. The summed E-state index contributed by atoms with van der Waals surface area (Å²) in [5.41, 5.74) is 18.1. The summed E-state index contributed by atoms with van der Waals surface area (Å²) in [7, 11) is 2.09. The van der Waals surface area contributed by atoms with E-state index in [2.05, 4.69) is 208 Å². The third kappa shape index (κ3) is 7.54. The summed E-state index contributed by atoms with van der Waals surface area (Å²) < 4.78 is 2.41. The van der Waals surface area contributed by atoms with Crippen LogP contribution < -0.4 is 9.80 Å². The van der Waals surface area contributed by atoms with Crippen LogP contribution in [0.25, 0.3) is 21.5 Å². The third-order valence-electron chi connectivity index (χ3n) is 11.0. The summed E-state index contributed by atoms with van der Waals surface area (Å²) in [6.07, 6.45) is 9.04. The van der Waals surface area contributed by atoms with Gasteiger partial charge in [0.15, 0.2) is 0 Å². The molecule has 0 unspecified atom stereocenters. The van der Waals surface area contributed by atoms with Crippen molar-refractivity contribution < 1.29 is 4.58 Å². The maximum atomic E-state index is 8.66. The van der Waals surface area contributed by atoms with Gasteiger partial charge in [-0.1, -0.05) is 97.1 Å². The molecule has 1 aliphatic carbocycles. The lowest BCUT2D eigenvalue weighted by atomic mass is 9.91. The van der Waals surface area contributed by atoms with E-state index < -0.39 is 0 Å².